The molecule has 0 aliphatic rings. The van der Waals surface area contributed by atoms with Crippen molar-refractivity contribution >= 4 is 34.7 Å². The van der Waals surface area contributed by atoms with Crippen molar-refractivity contribution in [3.05, 3.63) is 52.8 Å². The molecular weight excluding hydrogens is 285 g/mol. The van der Waals surface area contributed by atoms with Crippen LogP contribution < -0.4 is 5.32 Å². The van der Waals surface area contributed by atoms with E-state index >= 15 is 0 Å². The van der Waals surface area contributed by atoms with Gasteiger partial charge in [0.1, 0.15) is 22.9 Å². The van der Waals surface area contributed by atoms with E-state index < -0.39 is 0 Å². The first-order valence-corrected chi connectivity index (χ1v) is 6.31. The predicted molar refractivity (Wildman–Crippen MR) is 74.6 cm³/mol. The van der Waals surface area contributed by atoms with Gasteiger partial charge in [-0.1, -0.05) is 23.2 Å². The molecule has 0 bridgehead atoms. The third-order valence-corrected chi connectivity index (χ3v) is 2.98. The molecule has 19 heavy (non-hydrogen) atoms. The molecular formula is C12H9Cl2N5. The minimum Gasteiger partial charge on any atom is -0.364 e. The number of rotatable bonds is 3. The SMILES string of the molecule is Clc1ccc2nc(CNc3cc(Cl)ncn3)cn2c1. The summed E-state index contributed by atoms with van der Waals surface area (Å²) in [5.41, 5.74) is 1.74. The lowest BCUT2D eigenvalue weighted by atomic mass is 10.4. The average Bonchev–Trinajstić information content (AvgIpc) is 2.78. The molecule has 0 aliphatic heterocycles. The molecule has 3 aromatic heterocycles. The molecule has 0 spiro atoms. The van der Waals surface area contributed by atoms with E-state index in [1.165, 1.54) is 6.33 Å². The van der Waals surface area contributed by atoms with Crippen LogP contribution in [-0.4, -0.2) is 19.4 Å². The highest BCUT2D eigenvalue weighted by Crippen LogP contribution is 2.13. The number of hydrogen-bond donors (Lipinski definition) is 1. The van der Waals surface area contributed by atoms with Gasteiger partial charge in [0, 0.05) is 18.5 Å². The molecule has 0 unspecified atom stereocenters. The van der Waals surface area contributed by atoms with Crippen molar-refractivity contribution in [2.75, 3.05) is 5.32 Å². The van der Waals surface area contributed by atoms with Crippen LogP contribution in [-0.2, 0) is 6.54 Å². The first kappa shape index (κ1) is 12.2. The predicted octanol–water partition coefficient (Wildman–Crippen LogP) is 3.04. The number of nitrogens with one attached hydrogen (secondary N) is 1. The highest BCUT2D eigenvalue weighted by atomic mass is 35.5. The number of anilines is 1. The van der Waals surface area contributed by atoms with Crippen molar-refractivity contribution < 1.29 is 0 Å². The molecule has 3 rings (SSSR count). The quantitative estimate of drug-likeness (QED) is 0.754. The Kier molecular flexibility index (Phi) is 3.23. The van der Waals surface area contributed by atoms with Crippen molar-refractivity contribution in [2.45, 2.75) is 6.54 Å². The van der Waals surface area contributed by atoms with Crippen LogP contribution >= 0.6 is 23.2 Å². The molecule has 0 saturated heterocycles. The fourth-order valence-corrected chi connectivity index (χ4v) is 2.03. The van der Waals surface area contributed by atoms with Crippen LogP contribution in [0.4, 0.5) is 5.82 Å². The van der Waals surface area contributed by atoms with E-state index in [9.17, 15) is 0 Å². The summed E-state index contributed by atoms with van der Waals surface area (Å²) < 4.78 is 1.88. The van der Waals surface area contributed by atoms with Crippen LogP contribution in [0.1, 0.15) is 5.69 Å². The number of imidazole rings is 1. The average molecular weight is 294 g/mol. The van der Waals surface area contributed by atoms with Gasteiger partial charge in [0.05, 0.1) is 17.3 Å². The van der Waals surface area contributed by atoms with Gasteiger partial charge in [0.15, 0.2) is 0 Å². The van der Waals surface area contributed by atoms with Crippen LogP contribution in [0.3, 0.4) is 0 Å². The summed E-state index contributed by atoms with van der Waals surface area (Å²) in [6.07, 6.45) is 5.14. The Morgan fingerprint density at radius 2 is 2.05 bits per heavy atom. The number of hydrogen-bond acceptors (Lipinski definition) is 4. The lowest BCUT2D eigenvalue weighted by Crippen LogP contribution is -2.01. The minimum atomic E-state index is 0.402. The molecule has 0 atom stereocenters. The highest BCUT2D eigenvalue weighted by Gasteiger charge is 2.03. The summed E-state index contributed by atoms with van der Waals surface area (Å²) in [7, 11) is 0. The lowest BCUT2D eigenvalue weighted by Gasteiger charge is -2.02. The van der Waals surface area contributed by atoms with E-state index in [0.717, 1.165) is 11.3 Å². The molecule has 0 aromatic carbocycles. The van der Waals surface area contributed by atoms with Gasteiger partial charge in [0.25, 0.3) is 0 Å². The van der Waals surface area contributed by atoms with Gasteiger partial charge in [-0.3, -0.25) is 0 Å². The normalized spacial score (nSPS) is 10.8. The van der Waals surface area contributed by atoms with E-state index in [-0.39, 0.29) is 0 Å². The molecule has 0 amide bonds. The van der Waals surface area contributed by atoms with Gasteiger partial charge in [-0.25, -0.2) is 15.0 Å². The number of nitrogens with zero attached hydrogens (tertiary/aromatic N) is 4. The zero-order valence-electron chi connectivity index (χ0n) is 9.72. The smallest absolute Gasteiger partial charge is 0.137 e. The molecule has 96 valence electrons. The second kappa shape index (κ2) is 5.03. The monoisotopic (exact) mass is 293 g/mol. The first-order valence-electron chi connectivity index (χ1n) is 5.55. The maximum absolute atomic E-state index is 5.92. The molecule has 1 N–H and O–H groups in total. The van der Waals surface area contributed by atoms with Crippen molar-refractivity contribution in [1.29, 1.82) is 0 Å². The van der Waals surface area contributed by atoms with E-state index in [1.54, 1.807) is 6.07 Å². The molecule has 7 heteroatoms. The topological polar surface area (TPSA) is 55.1 Å². The highest BCUT2D eigenvalue weighted by molar-refractivity contribution is 6.30. The van der Waals surface area contributed by atoms with Gasteiger partial charge < -0.3 is 9.72 Å². The maximum Gasteiger partial charge on any atom is 0.137 e. The van der Waals surface area contributed by atoms with Crippen molar-refractivity contribution in [1.82, 2.24) is 19.4 Å². The fourth-order valence-electron chi connectivity index (χ4n) is 1.71. The first-order chi connectivity index (χ1) is 9.20. The molecule has 5 nitrogen and oxygen atoms in total. The van der Waals surface area contributed by atoms with Gasteiger partial charge in [0.2, 0.25) is 0 Å². The Bertz CT molecular complexity index is 725. The minimum absolute atomic E-state index is 0.402. The largest absolute Gasteiger partial charge is 0.364 e. The Morgan fingerprint density at radius 3 is 2.89 bits per heavy atom. The molecule has 0 fully saturated rings. The van der Waals surface area contributed by atoms with E-state index in [2.05, 4.69) is 20.3 Å². The van der Waals surface area contributed by atoms with Crippen LogP contribution in [0.2, 0.25) is 10.2 Å². The van der Waals surface area contributed by atoms with Crippen molar-refractivity contribution in [3.8, 4) is 0 Å². The van der Waals surface area contributed by atoms with Gasteiger partial charge in [-0.2, -0.15) is 0 Å². The second-order valence-electron chi connectivity index (χ2n) is 3.92. The Morgan fingerprint density at radius 1 is 1.16 bits per heavy atom. The van der Waals surface area contributed by atoms with Crippen LogP contribution in [0.25, 0.3) is 5.65 Å². The van der Waals surface area contributed by atoms with Gasteiger partial charge >= 0.3 is 0 Å². The van der Waals surface area contributed by atoms with Gasteiger partial charge in [-0.05, 0) is 12.1 Å². The number of fused-ring (bicyclic) bond motifs is 1. The fraction of sp³-hybridized carbons (Fsp3) is 0.0833. The Hall–Kier alpha value is -1.85. The summed E-state index contributed by atoms with van der Waals surface area (Å²) in [6, 6.07) is 5.34. The summed E-state index contributed by atoms with van der Waals surface area (Å²) in [6.45, 7) is 0.548. The van der Waals surface area contributed by atoms with Gasteiger partial charge in [-0.15, -0.1) is 0 Å². The molecule has 3 aromatic rings. The van der Waals surface area contributed by atoms with Crippen molar-refractivity contribution in [3.63, 3.8) is 0 Å². The Labute approximate surface area is 119 Å². The standard InChI is InChI=1S/C12H9Cl2N5/c13-8-1-2-12-18-9(6-19(12)5-8)4-15-11-3-10(14)16-7-17-11/h1-3,5-7H,4H2,(H,15,16,17). The lowest BCUT2D eigenvalue weighted by molar-refractivity contribution is 1.04. The van der Waals surface area contributed by atoms with Crippen LogP contribution in [0.5, 0.6) is 0 Å². The van der Waals surface area contributed by atoms with E-state index in [4.69, 9.17) is 23.2 Å². The maximum atomic E-state index is 5.92. The van der Waals surface area contributed by atoms with E-state index in [0.29, 0.717) is 22.5 Å². The summed E-state index contributed by atoms with van der Waals surface area (Å²) in [5.74, 6) is 0.662. The number of aromatic nitrogens is 4. The van der Waals surface area contributed by atoms with Crippen LogP contribution in [0.15, 0.2) is 36.9 Å². The summed E-state index contributed by atoms with van der Waals surface area (Å²) >= 11 is 11.7. The molecule has 0 saturated carbocycles. The molecule has 0 aliphatic carbocycles. The zero-order chi connectivity index (χ0) is 13.2. The van der Waals surface area contributed by atoms with Crippen molar-refractivity contribution in [2.24, 2.45) is 0 Å². The third-order valence-electron chi connectivity index (χ3n) is 2.55. The summed E-state index contributed by atoms with van der Waals surface area (Å²) in [4.78, 5) is 12.3. The second-order valence-corrected chi connectivity index (χ2v) is 4.75. The number of halogens is 2. The number of pyridine rings is 1. The molecule has 0 radical (unpaired) electrons. The molecule has 3 heterocycles. The van der Waals surface area contributed by atoms with E-state index in [1.807, 2.05) is 28.9 Å². The Balaban J connectivity index is 1.78. The van der Waals surface area contributed by atoms with Crippen LogP contribution in [0, 0.1) is 0 Å². The third kappa shape index (κ3) is 2.77. The zero-order valence-corrected chi connectivity index (χ0v) is 11.2. The summed E-state index contributed by atoms with van der Waals surface area (Å²) in [5, 5.41) is 4.21.